The Morgan fingerprint density at radius 1 is 1.08 bits per heavy atom. The van der Waals surface area contributed by atoms with Crippen LogP contribution in [0, 0.1) is 18.8 Å². The van der Waals surface area contributed by atoms with E-state index in [1.54, 1.807) is 17.5 Å². The molecule has 37 heavy (non-hydrogen) atoms. The molecule has 0 spiro atoms. The number of carbonyl (C=O) groups is 2. The van der Waals surface area contributed by atoms with E-state index in [0.717, 1.165) is 25.0 Å². The van der Waals surface area contributed by atoms with Gasteiger partial charge < -0.3 is 10.6 Å². The predicted molar refractivity (Wildman–Crippen MR) is 128 cm³/mol. The number of nitrogens with one attached hydrogen (secondary N) is 2. The first-order valence-corrected chi connectivity index (χ1v) is 12.9. The van der Waals surface area contributed by atoms with Crippen molar-refractivity contribution in [3.05, 3.63) is 41.2 Å². The van der Waals surface area contributed by atoms with Gasteiger partial charge in [0.1, 0.15) is 5.69 Å². The Labute approximate surface area is 212 Å². The molecule has 2 aliphatic carbocycles. The third-order valence-electron chi connectivity index (χ3n) is 7.28. The Kier molecular flexibility index (Phi) is 6.91. The van der Waals surface area contributed by atoms with Crippen LogP contribution in [-0.2, 0) is 4.79 Å². The first-order valence-electron chi connectivity index (χ1n) is 12.9. The van der Waals surface area contributed by atoms with Gasteiger partial charge in [0.15, 0.2) is 5.69 Å². The van der Waals surface area contributed by atoms with Crippen LogP contribution in [0.2, 0.25) is 0 Å². The molecule has 3 aromatic heterocycles. The molecule has 2 aliphatic rings. The van der Waals surface area contributed by atoms with Crippen LogP contribution in [0.1, 0.15) is 97.9 Å². The van der Waals surface area contributed by atoms with E-state index in [-0.39, 0.29) is 49.2 Å². The van der Waals surface area contributed by atoms with Gasteiger partial charge in [0, 0.05) is 31.7 Å². The second kappa shape index (κ2) is 10.1. The summed E-state index contributed by atoms with van der Waals surface area (Å²) in [5.41, 5.74) is 1.65. The fourth-order valence-corrected chi connectivity index (χ4v) is 5.04. The van der Waals surface area contributed by atoms with Gasteiger partial charge in [0.2, 0.25) is 17.6 Å². The standard InChI is InChI=1S/C25H31F2N7O3/c1-3-4-19(35)30-21(15-5-6-15)17-9-12-34-13-18(29-24(34)28-17)22(16-7-10-25(26,27)11-8-16)31-23(36)20-14(2)32-37-33-20/h9,12-13,15-16,21-22H,3-8,10-11H2,1-2H3,(H,30,35)(H,31,36)/t21-,22+/m1/s1. The number of imidazole rings is 1. The summed E-state index contributed by atoms with van der Waals surface area (Å²) in [7, 11) is 0. The molecule has 0 saturated heterocycles. The van der Waals surface area contributed by atoms with Gasteiger partial charge in [-0.05, 0) is 62.1 Å². The maximum atomic E-state index is 13.9. The van der Waals surface area contributed by atoms with E-state index >= 15 is 0 Å². The Bertz CT molecular complexity index is 1280. The number of hydrogen-bond acceptors (Lipinski definition) is 7. The minimum absolute atomic E-state index is 0.000352. The van der Waals surface area contributed by atoms with Gasteiger partial charge in [-0.1, -0.05) is 12.1 Å². The van der Waals surface area contributed by atoms with E-state index in [2.05, 4.69) is 25.6 Å². The van der Waals surface area contributed by atoms with Crippen molar-refractivity contribution in [3.8, 4) is 0 Å². The van der Waals surface area contributed by atoms with Crippen LogP contribution < -0.4 is 10.6 Å². The van der Waals surface area contributed by atoms with Crippen molar-refractivity contribution in [1.82, 2.24) is 35.3 Å². The molecule has 3 aromatic rings. The van der Waals surface area contributed by atoms with Gasteiger partial charge in [-0.2, -0.15) is 0 Å². The lowest BCUT2D eigenvalue weighted by molar-refractivity contribution is -0.122. The van der Waals surface area contributed by atoms with E-state index in [1.807, 2.05) is 19.2 Å². The number of aromatic nitrogens is 5. The second-order valence-electron chi connectivity index (χ2n) is 10.2. The molecule has 2 fully saturated rings. The highest BCUT2D eigenvalue weighted by atomic mass is 19.3. The maximum Gasteiger partial charge on any atom is 0.276 e. The zero-order valence-electron chi connectivity index (χ0n) is 20.9. The number of rotatable bonds is 9. The minimum atomic E-state index is -2.70. The topological polar surface area (TPSA) is 127 Å². The van der Waals surface area contributed by atoms with Gasteiger partial charge in [0.05, 0.1) is 23.5 Å². The molecule has 10 nitrogen and oxygen atoms in total. The first kappa shape index (κ1) is 25.2. The summed E-state index contributed by atoms with van der Waals surface area (Å²) in [6.07, 6.45) is 6.87. The quantitative estimate of drug-likeness (QED) is 0.439. The molecule has 0 bridgehead atoms. The largest absolute Gasteiger partial charge is 0.347 e. The Hall–Kier alpha value is -3.44. The average molecular weight is 516 g/mol. The zero-order valence-corrected chi connectivity index (χ0v) is 20.9. The van der Waals surface area contributed by atoms with E-state index < -0.39 is 17.9 Å². The van der Waals surface area contributed by atoms with Crippen LogP contribution >= 0.6 is 0 Å². The predicted octanol–water partition coefficient (Wildman–Crippen LogP) is 4.08. The Morgan fingerprint density at radius 2 is 1.76 bits per heavy atom. The first-order chi connectivity index (χ1) is 17.7. The molecule has 0 unspecified atom stereocenters. The fourth-order valence-electron chi connectivity index (χ4n) is 5.04. The highest BCUT2D eigenvalue weighted by molar-refractivity contribution is 5.93. The Balaban J connectivity index is 1.43. The highest BCUT2D eigenvalue weighted by Crippen LogP contribution is 2.42. The minimum Gasteiger partial charge on any atom is -0.347 e. The molecule has 0 aliphatic heterocycles. The third-order valence-corrected chi connectivity index (χ3v) is 7.28. The van der Waals surface area contributed by atoms with Crippen molar-refractivity contribution >= 4 is 17.6 Å². The molecular formula is C25H31F2N7O3. The summed E-state index contributed by atoms with van der Waals surface area (Å²) in [6, 6.07) is 1.07. The van der Waals surface area contributed by atoms with Crippen LogP contribution in [0.15, 0.2) is 23.1 Å². The number of hydrogen-bond donors (Lipinski definition) is 2. The number of fused-ring (bicyclic) bond motifs is 1. The number of alkyl halides is 2. The monoisotopic (exact) mass is 515 g/mol. The van der Waals surface area contributed by atoms with Crippen LogP contribution in [0.3, 0.4) is 0 Å². The zero-order chi connectivity index (χ0) is 26.2. The summed E-state index contributed by atoms with van der Waals surface area (Å²) < 4.78 is 34.2. The molecular weight excluding hydrogens is 484 g/mol. The van der Waals surface area contributed by atoms with E-state index in [9.17, 15) is 18.4 Å². The molecule has 2 atom stereocenters. The van der Waals surface area contributed by atoms with Gasteiger partial charge in [0.25, 0.3) is 5.91 Å². The van der Waals surface area contributed by atoms with Gasteiger partial charge >= 0.3 is 0 Å². The molecule has 2 N–H and O–H groups in total. The van der Waals surface area contributed by atoms with Crippen LogP contribution in [0.25, 0.3) is 5.78 Å². The number of nitrogens with zero attached hydrogens (tertiary/aromatic N) is 5. The van der Waals surface area contributed by atoms with Crippen molar-refractivity contribution in [2.75, 3.05) is 0 Å². The summed E-state index contributed by atoms with van der Waals surface area (Å²) in [4.78, 5) is 34.7. The third kappa shape index (κ3) is 5.62. The average Bonchev–Trinajstić information content (AvgIpc) is 3.47. The molecule has 2 amide bonds. The molecule has 2 saturated carbocycles. The van der Waals surface area contributed by atoms with Gasteiger partial charge in [-0.25, -0.2) is 23.4 Å². The Morgan fingerprint density at radius 3 is 2.41 bits per heavy atom. The molecule has 0 radical (unpaired) electrons. The van der Waals surface area contributed by atoms with Gasteiger partial charge in [-0.3, -0.25) is 14.0 Å². The normalized spacial score (nSPS) is 19.5. The lowest BCUT2D eigenvalue weighted by Gasteiger charge is -2.33. The molecule has 12 heteroatoms. The smallest absolute Gasteiger partial charge is 0.276 e. The van der Waals surface area contributed by atoms with Crippen molar-refractivity contribution in [2.45, 2.75) is 83.2 Å². The summed E-state index contributed by atoms with van der Waals surface area (Å²) >= 11 is 0. The van der Waals surface area contributed by atoms with E-state index in [1.165, 1.54) is 0 Å². The SMILES string of the molecule is CCCC(=O)N[C@@H](c1ccn2cc([C@@H](NC(=O)c3nonc3C)C3CCC(F)(F)CC3)nc2n1)C1CC1. The number of amides is 2. The lowest BCUT2D eigenvalue weighted by Crippen LogP contribution is -2.37. The van der Waals surface area contributed by atoms with Gasteiger partial charge in [-0.15, -0.1) is 0 Å². The van der Waals surface area contributed by atoms with Crippen LogP contribution in [0.4, 0.5) is 8.78 Å². The summed E-state index contributed by atoms with van der Waals surface area (Å²) in [5.74, 6) is -2.67. The second-order valence-corrected chi connectivity index (χ2v) is 10.2. The van der Waals surface area contributed by atoms with Crippen molar-refractivity contribution in [1.29, 1.82) is 0 Å². The maximum absolute atomic E-state index is 13.9. The number of aryl methyl sites for hydroxylation is 1. The molecule has 198 valence electrons. The van der Waals surface area contributed by atoms with Crippen molar-refractivity contribution in [3.63, 3.8) is 0 Å². The van der Waals surface area contributed by atoms with E-state index in [4.69, 9.17) is 9.97 Å². The van der Waals surface area contributed by atoms with Crippen LogP contribution in [-0.4, -0.2) is 42.4 Å². The summed E-state index contributed by atoms with van der Waals surface area (Å²) in [5, 5.41) is 13.4. The molecule has 3 heterocycles. The molecule has 5 rings (SSSR count). The van der Waals surface area contributed by atoms with Crippen molar-refractivity contribution in [2.24, 2.45) is 11.8 Å². The van der Waals surface area contributed by atoms with Crippen LogP contribution in [0.5, 0.6) is 0 Å². The van der Waals surface area contributed by atoms with Crippen molar-refractivity contribution < 1.29 is 23.0 Å². The number of halogens is 2. The highest BCUT2D eigenvalue weighted by Gasteiger charge is 2.40. The fraction of sp³-hybridized carbons (Fsp3) is 0.600. The van der Waals surface area contributed by atoms with E-state index in [0.29, 0.717) is 29.5 Å². The molecule has 0 aromatic carbocycles. The number of carbonyl (C=O) groups excluding carboxylic acids is 2. The lowest BCUT2D eigenvalue weighted by atomic mass is 9.81. The summed E-state index contributed by atoms with van der Waals surface area (Å²) in [6.45, 7) is 3.57.